The Bertz CT molecular complexity index is 821. The Morgan fingerprint density at radius 2 is 1.78 bits per heavy atom. The number of pyridine rings is 1. The third kappa shape index (κ3) is 2.91. The first-order valence-corrected chi connectivity index (χ1v) is 8.45. The predicted molar refractivity (Wildman–Crippen MR) is 97.7 cm³/mol. The molecule has 1 saturated heterocycles. The van der Waals surface area contributed by atoms with Gasteiger partial charge in [0.2, 0.25) is 0 Å². The van der Waals surface area contributed by atoms with Crippen molar-refractivity contribution >= 4 is 28.2 Å². The lowest BCUT2D eigenvalue weighted by atomic mass is 10.0. The summed E-state index contributed by atoms with van der Waals surface area (Å²) >= 11 is 6.01. The van der Waals surface area contributed by atoms with Gasteiger partial charge < -0.3 is 4.90 Å². The molecule has 1 radical (unpaired) electrons. The van der Waals surface area contributed by atoms with E-state index in [0.29, 0.717) is 0 Å². The van der Waals surface area contributed by atoms with Crippen molar-refractivity contribution in [3.63, 3.8) is 0 Å². The highest BCUT2D eigenvalue weighted by molar-refractivity contribution is 6.30. The monoisotopic (exact) mass is 321 g/mol. The lowest BCUT2D eigenvalue weighted by Crippen LogP contribution is -2.25. The van der Waals surface area contributed by atoms with E-state index in [4.69, 9.17) is 16.6 Å². The molecule has 0 spiro atoms. The van der Waals surface area contributed by atoms with Crippen molar-refractivity contribution in [2.75, 3.05) is 11.4 Å². The van der Waals surface area contributed by atoms with Crippen LogP contribution in [0.4, 0.5) is 5.69 Å². The molecule has 2 heterocycles. The molecule has 2 nitrogen and oxygen atoms in total. The lowest BCUT2D eigenvalue weighted by molar-refractivity contribution is 0.634. The summed E-state index contributed by atoms with van der Waals surface area (Å²) in [7, 11) is 0. The quantitative estimate of drug-likeness (QED) is 0.601. The largest absolute Gasteiger partial charge is 0.366 e. The molecule has 0 bridgehead atoms. The van der Waals surface area contributed by atoms with E-state index >= 15 is 0 Å². The minimum atomic E-state index is 0.749. The number of hydrogen-bond acceptors (Lipinski definition) is 2. The number of rotatable bonds is 2. The second-order valence-electron chi connectivity index (χ2n) is 5.92. The highest BCUT2D eigenvalue weighted by Crippen LogP contribution is 2.33. The standard InChI is InChI=1S/C20H18ClN2/c21-16-10-8-15(9-11-16)19-14-20(23-12-4-1-5-13-23)17-6-2-3-7-18(17)22-19/h2-3,6-12,14H,1,4-5,13H2. The van der Waals surface area contributed by atoms with Crippen molar-refractivity contribution in [1.29, 1.82) is 0 Å². The third-order valence-corrected chi connectivity index (χ3v) is 4.60. The Labute approximate surface area is 141 Å². The van der Waals surface area contributed by atoms with Crippen LogP contribution in [0.5, 0.6) is 0 Å². The molecule has 0 saturated carbocycles. The maximum atomic E-state index is 6.01. The molecule has 1 aliphatic rings. The number of aromatic nitrogens is 1. The molecule has 1 aromatic heterocycles. The minimum absolute atomic E-state index is 0.749. The van der Waals surface area contributed by atoms with Crippen molar-refractivity contribution in [2.24, 2.45) is 0 Å². The summed E-state index contributed by atoms with van der Waals surface area (Å²) in [4.78, 5) is 7.23. The van der Waals surface area contributed by atoms with Gasteiger partial charge in [0.15, 0.2) is 0 Å². The minimum Gasteiger partial charge on any atom is -0.366 e. The normalized spacial score (nSPS) is 15.1. The second-order valence-corrected chi connectivity index (χ2v) is 6.36. The van der Waals surface area contributed by atoms with Crippen LogP contribution in [-0.2, 0) is 0 Å². The topological polar surface area (TPSA) is 16.1 Å². The first-order valence-electron chi connectivity index (χ1n) is 8.07. The fourth-order valence-electron chi connectivity index (χ4n) is 3.15. The van der Waals surface area contributed by atoms with Crippen LogP contribution in [-0.4, -0.2) is 11.5 Å². The molecule has 23 heavy (non-hydrogen) atoms. The Morgan fingerprint density at radius 3 is 2.57 bits per heavy atom. The van der Waals surface area contributed by atoms with Crippen molar-refractivity contribution in [3.8, 4) is 11.3 Å². The smallest absolute Gasteiger partial charge is 0.0730 e. The number of hydrogen-bond donors (Lipinski definition) is 0. The molecular weight excluding hydrogens is 304 g/mol. The molecule has 3 heteroatoms. The second kappa shape index (κ2) is 6.21. The average Bonchev–Trinajstić information content (AvgIpc) is 2.62. The van der Waals surface area contributed by atoms with Crippen LogP contribution >= 0.6 is 11.6 Å². The van der Waals surface area contributed by atoms with Gasteiger partial charge in [-0.25, -0.2) is 4.98 Å². The van der Waals surface area contributed by atoms with Crippen molar-refractivity contribution < 1.29 is 0 Å². The van der Waals surface area contributed by atoms with Crippen LogP contribution in [0.2, 0.25) is 5.02 Å². The van der Waals surface area contributed by atoms with Crippen LogP contribution < -0.4 is 4.90 Å². The molecule has 2 aromatic carbocycles. The van der Waals surface area contributed by atoms with E-state index in [1.807, 2.05) is 30.3 Å². The maximum Gasteiger partial charge on any atom is 0.0730 e. The van der Waals surface area contributed by atoms with Gasteiger partial charge in [0.05, 0.1) is 11.2 Å². The average molecular weight is 322 g/mol. The fourth-order valence-corrected chi connectivity index (χ4v) is 3.27. The number of anilines is 1. The molecule has 1 fully saturated rings. The Hall–Kier alpha value is -2.06. The van der Waals surface area contributed by atoms with Crippen LogP contribution in [0.15, 0.2) is 54.6 Å². The molecule has 0 atom stereocenters. The van der Waals surface area contributed by atoms with Crippen LogP contribution in [0.25, 0.3) is 22.2 Å². The van der Waals surface area contributed by atoms with E-state index in [-0.39, 0.29) is 0 Å². The molecule has 3 aromatic rings. The van der Waals surface area contributed by atoms with E-state index in [1.54, 1.807) is 0 Å². The van der Waals surface area contributed by atoms with Gasteiger partial charge in [-0.2, -0.15) is 0 Å². The summed E-state index contributed by atoms with van der Waals surface area (Å²) in [6.07, 6.45) is 3.67. The number of halogens is 1. The molecule has 4 rings (SSSR count). The van der Waals surface area contributed by atoms with Crippen molar-refractivity contribution in [2.45, 2.75) is 19.3 Å². The zero-order valence-corrected chi connectivity index (χ0v) is 13.6. The van der Waals surface area contributed by atoms with Gasteiger partial charge in [0, 0.05) is 34.7 Å². The van der Waals surface area contributed by atoms with Crippen molar-refractivity contribution in [3.05, 3.63) is 66.2 Å². The summed E-state index contributed by atoms with van der Waals surface area (Å²) in [5.74, 6) is 0. The van der Waals surface area contributed by atoms with Gasteiger partial charge in [0.25, 0.3) is 0 Å². The predicted octanol–water partition coefficient (Wildman–Crippen LogP) is 5.71. The molecule has 115 valence electrons. The fraction of sp³-hybridized carbons (Fsp3) is 0.200. The Balaban J connectivity index is 1.87. The summed E-state index contributed by atoms with van der Waals surface area (Å²) in [6, 6.07) is 18.5. The Morgan fingerprint density at radius 1 is 0.957 bits per heavy atom. The molecule has 0 amide bonds. The zero-order chi connectivity index (χ0) is 15.6. The zero-order valence-electron chi connectivity index (χ0n) is 12.9. The van der Waals surface area contributed by atoms with Crippen molar-refractivity contribution in [1.82, 2.24) is 4.98 Å². The molecular formula is C20H18ClN2. The molecule has 0 unspecified atom stereocenters. The van der Waals surface area contributed by atoms with Gasteiger partial charge >= 0.3 is 0 Å². The number of nitrogens with zero attached hydrogens (tertiary/aromatic N) is 2. The lowest BCUT2D eigenvalue weighted by Gasteiger charge is -2.29. The van der Waals surface area contributed by atoms with Gasteiger partial charge in [0.1, 0.15) is 0 Å². The van der Waals surface area contributed by atoms with Crippen LogP contribution in [0.1, 0.15) is 19.3 Å². The first kappa shape index (κ1) is 14.5. The van der Waals surface area contributed by atoms with Gasteiger partial charge in [-0.15, -0.1) is 0 Å². The summed E-state index contributed by atoms with van der Waals surface area (Å²) in [5, 5.41) is 1.96. The van der Waals surface area contributed by atoms with Crippen LogP contribution in [0.3, 0.4) is 0 Å². The van der Waals surface area contributed by atoms with E-state index < -0.39 is 0 Å². The van der Waals surface area contributed by atoms with E-state index in [1.165, 1.54) is 23.9 Å². The number of piperidine rings is 1. The number of para-hydroxylation sites is 1. The molecule has 0 aliphatic carbocycles. The van der Waals surface area contributed by atoms with E-state index in [0.717, 1.165) is 34.8 Å². The summed E-state index contributed by atoms with van der Waals surface area (Å²) in [6.45, 7) is 3.39. The Kier molecular flexibility index (Phi) is 3.92. The molecule has 1 aliphatic heterocycles. The number of fused-ring (bicyclic) bond motifs is 1. The SMILES string of the molecule is Clc1ccc(-c2cc(N3[CH]CCCC3)c3ccccc3n2)cc1. The third-order valence-electron chi connectivity index (χ3n) is 4.35. The highest BCUT2D eigenvalue weighted by atomic mass is 35.5. The van der Waals surface area contributed by atoms with Gasteiger partial charge in [-0.05, 0) is 43.5 Å². The summed E-state index contributed by atoms with van der Waals surface area (Å²) in [5.41, 5.74) is 4.38. The first-order chi connectivity index (χ1) is 11.3. The van der Waals surface area contributed by atoms with Gasteiger partial charge in [-0.3, -0.25) is 0 Å². The van der Waals surface area contributed by atoms with Gasteiger partial charge in [-0.1, -0.05) is 41.9 Å². The molecule has 0 N–H and O–H groups in total. The summed E-state index contributed by atoms with van der Waals surface area (Å²) < 4.78 is 0. The number of benzene rings is 2. The van der Waals surface area contributed by atoms with E-state index in [9.17, 15) is 0 Å². The maximum absolute atomic E-state index is 6.01. The highest BCUT2D eigenvalue weighted by Gasteiger charge is 2.16. The van der Waals surface area contributed by atoms with Crippen LogP contribution in [0, 0.1) is 6.54 Å². The van der Waals surface area contributed by atoms with E-state index in [2.05, 4.69) is 35.7 Å².